The lowest BCUT2D eigenvalue weighted by Gasteiger charge is -2.37. The predicted octanol–water partition coefficient (Wildman–Crippen LogP) is -0.0393. The number of hydrogen-bond donors (Lipinski definition) is 0. The average Bonchev–Trinajstić information content (AvgIpc) is 2.38. The molecular formula is C10H10F3N4O2-. The summed E-state index contributed by atoms with van der Waals surface area (Å²) in [6, 6.07) is 0. The Labute approximate surface area is 106 Å². The number of alkyl halides is 3. The third-order valence-corrected chi connectivity index (χ3v) is 2.79. The van der Waals surface area contributed by atoms with Crippen molar-refractivity contribution in [3.05, 3.63) is 18.2 Å². The molecule has 6 nitrogen and oxygen atoms in total. The van der Waals surface area contributed by atoms with Crippen LogP contribution >= 0.6 is 0 Å². The summed E-state index contributed by atoms with van der Waals surface area (Å²) in [6.07, 6.45) is -3.63. The molecule has 9 heteroatoms. The number of carboxylic acid groups (broad SMARTS) is 1. The molecular weight excluding hydrogens is 265 g/mol. The van der Waals surface area contributed by atoms with E-state index in [1.807, 2.05) is 0 Å². The number of carbonyl (C=O) groups is 1. The Morgan fingerprint density at radius 2 is 1.68 bits per heavy atom. The molecule has 1 aromatic rings. The minimum Gasteiger partial charge on any atom is -0.530 e. The van der Waals surface area contributed by atoms with Gasteiger partial charge in [-0.15, -0.1) is 0 Å². The maximum Gasteiger partial charge on any atom is 0.451 e. The second-order valence-corrected chi connectivity index (χ2v) is 4.00. The van der Waals surface area contributed by atoms with Crippen molar-refractivity contribution in [3.63, 3.8) is 0 Å². The molecule has 0 radical (unpaired) electrons. The minimum atomic E-state index is -4.56. The lowest BCUT2D eigenvalue weighted by molar-refractivity contribution is -0.265. The Kier molecular flexibility index (Phi) is 3.45. The fourth-order valence-corrected chi connectivity index (χ4v) is 1.78. The van der Waals surface area contributed by atoms with E-state index in [2.05, 4.69) is 9.97 Å². The van der Waals surface area contributed by atoms with Crippen LogP contribution < -0.4 is 10.0 Å². The van der Waals surface area contributed by atoms with Crippen molar-refractivity contribution >= 4 is 11.8 Å². The van der Waals surface area contributed by atoms with Gasteiger partial charge in [0, 0.05) is 26.2 Å². The van der Waals surface area contributed by atoms with Crippen LogP contribution in [-0.4, -0.2) is 47.1 Å². The van der Waals surface area contributed by atoms with Gasteiger partial charge in [0.15, 0.2) is 0 Å². The van der Waals surface area contributed by atoms with Gasteiger partial charge in [0.1, 0.15) is 6.09 Å². The van der Waals surface area contributed by atoms with Gasteiger partial charge in [0.2, 0.25) is 5.82 Å². The molecule has 1 aliphatic heterocycles. The van der Waals surface area contributed by atoms with E-state index in [0.29, 0.717) is 18.8 Å². The fourth-order valence-electron chi connectivity index (χ4n) is 1.78. The van der Waals surface area contributed by atoms with Crippen molar-refractivity contribution < 1.29 is 23.1 Å². The number of amides is 1. The smallest absolute Gasteiger partial charge is 0.451 e. The first-order valence-corrected chi connectivity index (χ1v) is 5.48. The summed E-state index contributed by atoms with van der Waals surface area (Å²) < 4.78 is 36.9. The van der Waals surface area contributed by atoms with E-state index in [1.165, 1.54) is 0 Å². The van der Waals surface area contributed by atoms with Crippen LogP contribution in [0.25, 0.3) is 0 Å². The predicted molar refractivity (Wildman–Crippen MR) is 56.2 cm³/mol. The number of anilines is 1. The van der Waals surface area contributed by atoms with Crippen molar-refractivity contribution in [2.75, 3.05) is 31.1 Å². The number of rotatable bonds is 1. The van der Waals surface area contributed by atoms with Crippen LogP contribution in [0.1, 0.15) is 5.82 Å². The molecule has 1 amide bonds. The zero-order valence-electron chi connectivity index (χ0n) is 9.72. The molecule has 0 saturated carbocycles. The quantitative estimate of drug-likeness (QED) is 0.719. The van der Waals surface area contributed by atoms with Crippen molar-refractivity contribution in [3.8, 4) is 0 Å². The highest BCUT2D eigenvalue weighted by atomic mass is 19.4. The second kappa shape index (κ2) is 4.90. The maximum absolute atomic E-state index is 12.3. The van der Waals surface area contributed by atoms with Crippen LogP contribution in [0.15, 0.2) is 12.4 Å². The number of aromatic nitrogens is 2. The van der Waals surface area contributed by atoms with E-state index in [-0.39, 0.29) is 13.1 Å². The molecule has 104 valence electrons. The van der Waals surface area contributed by atoms with Crippen LogP contribution in [0.2, 0.25) is 0 Å². The Hall–Kier alpha value is -2.06. The first-order chi connectivity index (χ1) is 8.88. The van der Waals surface area contributed by atoms with Crippen LogP contribution in [0.3, 0.4) is 0 Å². The van der Waals surface area contributed by atoms with Gasteiger partial charge in [0.25, 0.3) is 0 Å². The highest BCUT2D eigenvalue weighted by Gasteiger charge is 2.34. The maximum atomic E-state index is 12.3. The van der Waals surface area contributed by atoms with Crippen LogP contribution in [0.4, 0.5) is 23.7 Å². The van der Waals surface area contributed by atoms with E-state index < -0.39 is 18.1 Å². The van der Waals surface area contributed by atoms with Gasteiger partial charge in [-0.05, 0) is 0 Å². The standard InChI is InChI=1S/C10H11F3N4O2/c11-10(12,13)8-14-5-7(6-15-8)16-1-3-17(4-2-16)9(18)19/h5-6H,1-4H2,(H,18,19)/p-1. The molecule has 2 rings (SSSR count). The molecule has 0 spiro atoms. The molecule has 0 bridgehead atoms. The summed E-state index contributed by atoms with van der Waals surface area (Å²) in [4.78, 5) is 20.0. The zero-order valence-corrected chi connectivity index (χ0v) is 9.72. The molecule has 0 unspecified atom stereocenters. The number of piperazine rings is 1. The molecule has 0 atom stereocenters. The third-order valence-electron chi connectivity index (χ3n) is 2.79. The Morgan fingerprint density at radius 3 is 2.11 bits per heavy atom. The first-order valence-electron chi connectivity index (χ1n) is 5.48. The van der Waals surface area contributed by atoms with Crippen molar-refractivity contribution in [1.82, 2.24) is 14.9 Å². The first kappa shape index (κ1) is 13.4. The van der Waals surface area contributed by atoms with Crippen molar-refractivity contribution in [2.45, 2.75) is 6.18 Å². The molecule has 1 saturated heterocycles. The Morgan fingerprint density at radius 1 is 1.16 bits per heavy atom. The van der Waals surface area contributed by atoms with E-state index in [9.17, 15) is 23.1 Å². The molecule has 0 aromatic carbocycles. The van der Waals surface area contributed by atoms with Gasteiger partial charge in [-0.1, -0.05) is 0 Å². The Balaban J connectivity index is 2.02. The molecule has 1 aliphatic rings. The molecule has 0 N–H and O–H groups in total. The molecule has 2 heterocycles. The summed E-state index contributed by atoms with van der Waals surface area (Å²) in [5.41, 5.74) is 0.436. The lowest BCUT2D eigenvalue weighted by Crippen LogP contribution is -2.52. The summed E-state index contributed by atoms with van der Waals surface area (Å²) in [5, 5.41) is 10.6. The largest absolute Gasteiger partial charge is 0.530 e. The third kappa shape index (κ3) is 3.04. The summed E-state index contributed by atoms with van der Waals surface area (Å²) >= 11 is 0. The molecule has 19 heavy (non-hydrogen) atoms. The van der Waals surface area contributed by atoms with Crippen LogP contribution in [0.5, 0.6) is 0 Å². The van der Waals surface area contributed by atoms with Gasteiger partial charge in [-0.2, -0.15) is 13.2 Å². The Bertz CT molecular complexity index is 455. The number of halogens is 3. The topological polar surface area (TPSA) is 72.4 Å². The van der Waals surface area contributed by atoms with Gasteiger partial charge in [0.05, 0.1) is 18.1 Å². The van der Waals surface area contributed by atoms with E-state index >= 15 is 0 Å². The van der Waals surface area contributed by atoms with Crippen molar-refractivity contribution in [1.29, 1.82) is 0 Å². The summed E-state index contributed by atoms with van der Waals surface area (Å²) in [5.74, 6) is -1.19. The average molecular weight is 275 g/mol. The monoisotopic (exact) mass is 275 g/mol. The highest BCUT2D eigenvalue weighted by Crippen LogP contribution is 2.26. The zero-order chi connectivity index (χ0) is 14.0. The highest BCUT2D eigenvalue weighted by molar-refractivity contribution is 5.63. The fraction of sp³-hybridized carbons (Fsp3) is 0.500. The SMILES string of the molecule is O=C([O-])N1CCN(c2cnc(C(F)(F)F)nc2)CC1. The van der Waals surface area contributed by atoms with E-state index in [0.717, 1.165) is 17.3 Å². The minimum absolute atomic E-state index is 0.239. The number of hydrogen-bond acceptors (Lipinski definition) is 5. The molecule has 0 aliphatic carbocycles. The number of carbonyl (C=O) groups excluding carboxylic acids is 1. The summed E-state index contributed by atoms with van der Waals surface area (Å²) in [7, 11) is 0. The lowest BCUT2D eigenvalue weighted by atomic mass is 10.3. The van der Waals surface area contributed by atoms with Crippen LogP contribution in [0, 0.1) is 0 Å². The van der Waals surface area contributed by atoms with Gasteiger partial charge in [-0.3, -0.25) is 0 Å². The molecule has 1 aromatic heterocycles. The van der Waals surface area contributed by atoms with E-state index in [4.69, 9.17) is 0 Å². The van der Waals surface area contributed by atoms with Gasteiger partial charge in [-0.25, -0.2) is 9.97 Å². The van der Waals surface area contributed by atoms with E-state index in [1.54, 1.807) is 4.90 Å². The normalized spacial score (nSPS) is 16.6. The van der Waals surface area contributed by atoms with Crippen LogP contribution in [-0.2, 0) is 6.18 Å². The van der Waals surface area contributed by atoms with Gasteiger partial charge < -0.3 is 19.7 Å². The van der Waals surface area contributed by atoms with Gasteiger partial charge >= 0.3 is 6.18 Å². The summed E-state index contributed by atoms with van der Waals surface area (Å²) in [6.45, 7) is 1.21. The second-order valence-electron chi connectivity index (χ2n) is 4.00. The van der Waals surface area contributed by atoms with Crippen molar-refractivity contribution in [2.24, 2.45) is 0 Å². The number of nitrogens with zero attached hydrogens (tertiary/aromatic N) is 4. The molecule has 1 fully saturated rings.